The van der Waals surface area contributed by atoms with Gasteiger partial charge in [-0.15, -0.1) is 0 Å². The molecule has 9 nitrogen and oxygen atoms in total. The molecule has 1 fully saturated rings. The Hall–Kier alpha value is -4.05. The molecule has 0 radical (unpaired) electrons. The molecular formula is C24H25FN8O. The average Bonchev–Trinajstić information content (AvgIpc) is 3.24. The molecule has 0 saturated carbocycles. The van der Waals surface area contributed by atoms with E-state index >= 15 is 0 Å². The summed E-state index contributed by atoms with van der Waals surface area (Å²) in [6.07, 6.45) is 6.16. The molecule has 1 aromatic carbocycles. The molecule has 6 N–H and O–H groups in total. The Bertz CT molecular complexity index is 1370. The van der Waals surface area contributed by atoms with E-state index in [2.05, 4.69) is 25.0 Å². The number of aromatic nitrogens is 4. The van der Waals surface area contributed by atoms with E-state index in [0.29, 0.717) is 39.5 Å². The standard InChI is InChI=1S/C24H25FN8O/c1-13-8-14(10-15(25)9-13)17-11-29-23(27)20(22(17)33-6-3-16(26)4-7-33)24-31-18-2-5-28-19(12-30-34)21(18)32-24/h2,5,8-12,16,34H,3-4,6-7,26H2,1H3,(H2,27,29)(H,31,32). The number of H-pyrrole nitrogens is 1. The number of fused-ring (bicyclic) bond motifs is 1. The SMILES string of the molecule is Cc1cc(F)cc(-c2cnc(N)c(-c3nc4c(C=NO)nccc4[nH]3)c2N2CCC(N)CC2)c1. The molecule has 4 heterocycles. The smallest absolute Gasteiger partial charge is 0.144 e. The normalized spacial score (nSPS) is 15.0. The minimum atomic E-state index is -0.317. The lowest BCUT2D eigenvalue weighted by Gasteiger charge is -2.34. The van der Waals surface area contributed by atoms with Gasteiger partial charge >= 0.3 is 0 Å². The van der Waals surface area contributed by atoms with E-state index in [1.165, 1.54) is 18.3 Å². The predicted octanol–water partition coefficient (Wildman–Crippen LogP) is 3.45. The number of rotatable bonds is 4. The van der Waals surface area contributed by atoms with Gasteiger partial charge in [0.1, 0.15) is 28.7 Å². The van der Waals surface area contributed by atoms with Crippen molar-refractivity contribution < 1.29 is 9.60 Å². The number of piperidine rings is 1. The molecule has 1 aliphatic rings. The molecule has 5 rings (SSSR count). The zero-order valence-electron chi connectivity index (χ0n) is 18.7. The number of aromatic amines is 1. The second-order valence-corrected chi connectivity index (χ2v) is 8.54. The third kappa shape index (κ3) is 3.92. The third-order valence-electron chi connectivity index (χ3n) is 6.14. The molecule has 0 unspecified atom stereocenters. The van der Waals surface area contributed by atoms with Gasteiger partial charge in [-0.25, -0.2) is 14.4 Å². The lowest BCUT2D eigenvalue weighted by molar-refractivity contribution is 0.321. The lowest BCUT2D eigenvalue weighted by atomic mass is 9.97. The highest BCUT2D eigenvalue weighted by molar-refractivity contribution is 5.99. The van der Waals surface area contributed by atoms with Crippen LogP contribution in [0.5, 0.6) is 0 Å². The molecular weight excluding hydrogens is 435 g/mol. The summed E-state index contributed by atoms with van der Waals surface area (Å²) in [5.74, 6) is 0.481. The van der Waals surface area contributed by atoms with Crippen molar-refractivity contribution >= 4 is 28.8 Å². The molecule has 0 aliphatic carbocycles. The van der Waals surface area contributed by atoms with E-state index in [1.54, 1.807) is 18.5 Å². The number of nitrogens with zero attached hydrogens (tertiary/aromatic N) is 5. The Balaban J connectivity index is 1.77. The number of hydrogen-bond donors (Lipinski definition) is 4. The third-order valence-corrected chi connectivity index (χ3v) is 6.14. The first-order valence-corrected chi connectivity index (χ1v) is 11.0. The molecule has 4 aromatic rings. The number of nitrogen functional groups attached to an aromatic ring is 1. The molecule has 0 bridgehead atoms. The first-order chi connectivity index (χ1) is 16.4. The Morgan fingerprint density at radius 1 is 1.24 bits per heavy atom. The van der Waals surface area contributed by atoms with E-state index in [1.807, 2.05) is 13.0 Å². The quantitative estimate of drug-likeness (QED) is 0.207. The van der Waals surface area contributed by atoms with Gasteiger partial charge in [0.15, 0.2) is 0 Å². The average molecular weight is 461 g/mol. The van der Waals surface area contributed by atoms with Crippen LogP contribution in [0.3, 0.4) is 0 Å². The topological polar surface area (TPSA) is 142 Å². The van der Waals surface area contributed by atoms with Crippen molar-refractivity contribution in [1.82, 2.24) is 19.9 Å². The Labute approximate surface area is 195 Å². The molecule has 1 aliphatic heterocycles. The second-order valence-electron chi connectivity index (χ2n) is 8.54. The maximum absolute atomic E-state index is 14.4. The summed E-state index contributed by atoms with van der Waals surface area (Å²) in [6.45, 7) is 3.31. The molecule has 1 saturated heterocycles. The Morgan fingerprint density at radius 2 is 2.03 bits per heavy atom. The fourth-order valence-corrected chi connectivity index (χ4v) is 4.53. The molecule has 0 amide bonds. The van der Waals surface area contributed by atoms with Crippen molar-refractivity contribution in [3.05, 3.63) is 53.7 Å². The number of aryl methyl sites for hydroxylation is 1. The maximum Gasteiger partial charge on any atom is 0.144 e. The minimum Gasteiger partial charge on any atom is -0.411 e. The van der Waals surface area contributed by atoms with Crippen molar-refractivity contribution in [2.75, 3.05) is 23.7 Å². The van der Waals surface area contributed by atoms with Crippen LogP contribution in [0.25, 0.3) is 33.5 Å². The van der Waals surface area contributed by atoms with Crippen LogP contribution in [0.4, 0.5) is 15.9 Å². The number of benzene rings is 1. The second kappa shape index (κ2) is 8.71. The zero-order chi connectivity index (χ0) is 23.8. The van der Waals surface area contributed by atoms with Gasteiger partial charge in [-0.05, 0) is 49.1 Å². The highest BCUT2D eigenvalue weighted by Crippen LogP contribution is 2.42. The first kappa shape index (κ1) is 21.8. The van der Waals surface area contributed by atoms with Crippen LogP contribution in [0.1, 0.15) is 24.1 Å². The number of pyridine rings is 2. The van der Waals surface area contributed by atoms with Gasteiger partial charge in [-0.3, -0.25) is 4.98 Å². The zero-order valence-corrected chi connectivity index (χ0v) is 18.7. The van der Waals surface area contributed by atoms with Crippen LogP contribution in [-0.2, 0) is 0 Å². The number of nitrogens with two attached hydrogens (primary N) is 2. The van der Waals surface area contributed by atoms with Gasteiger partial charge in [0, 0.05) is 37.1 Å². The Kier molecular flexibility index (Phi) is 5.58. The van der Waals surface area contributed by atoms with Crippen LogP contribution < -0.4 is 16.4 Å². The van der Waals surface area contributed by atoms with Gasteiger partial charge in [0.05, 0.1) is 23.0 Å². The number of nitrogens with one attached hydrogen (secondary N) is 1. The summed E-state index contributed by atoms with van der Waals surface area (Å²) in [6, 6.07) is 6.84. The molecule has 34 heavy (non-hydrogen) atoms. The van der Waals surface area contributed by atoms with Crippen LogP contribution in [0.2, 0.25) is 0 Å². The largest absolute Gasteiger partial charge is 0.411 e. The van der Waals surface area contributed by atoms with E-state index in [4.69, 9.17) is 21.7 Å². The van der Waals surface area contributed by atoms with Crippen LogP contribution in [0.15, 0.2) is 41.8 Å². The summed E-state index contributed by atoms with van der Waals surface area (Å²) >= 11 is 0. The summed E-state index contributed by atoms with van der Waals surface area (Å²) in [4.78, 5) is 18.9. The monoisotopic (exact) mass is 460 g/mol. The van der Waals surface area contributed by atoms with Gasteiger partial charge in [-0.2, -0.15) is 0 Å². The van der Waals surface area contributed by atoms with E-state index in [9.17, 15) is 4.39 Å². The maximum atomic E-state index is 14.4. The van der Waals surface area contributed by atoms with E-state index in [-0.39, 0.29) is 11.9 Å². The Morgan fingerprint density at radius 3 is 2.76 bits per heavy atom. The van der Waals surface area contributed by atoms with Crippen molar-refractivity contribution in [1.29, 1.82) is 0 Å². The summed E-state index contributed by atoms with van der Waals surface area (Å²) in [5.41, 5.74) is 18.0. The van der Waals surface area contributed by atoms with Gasteiger partial charge < -0.3 is 26.6 Å². The van der Waals surface area contributed by atoms with Crippen molar-refractivity contribution in [2.45, 2.75) is 25.8 Å². The highest BCUT2D eigenvalue weighted by atomic mass is 19.1. The van der Waals surface area contributed by atoms with E-state index < -0.39 is 0 Å². The number of imidazole rings is 1. The fraction of sp³-hybridized carbons (Fsp3) is 0.250. The van der Waals surface area contributed by atoms with Crippen LogP contribution in [-0.4, -0.2) is 50.5 Å². The molecule has 0 spiro atoms. The molecule has 3 aromatic heterocycles. The molecule has 10 heteroatoms. The summed E-state index contributed by atoms with van der Waals surface area (Å²) in [5, 5.41) is 12.1. The first-order valence-electron chi connectivity index (χ1n) is 11.0. The number of halogens is 1. The summed E-state index contributed by atoms with van der Waals surface area (Å²) < 4.78 is 14.4. The fourth-order valence-electron chi connectivity index (χ4n) is 4.53. The van der Waals surface area contributed by atoms with Crippen molar-refractivity contribution in [2.24, 2.45) is 10.9 Å². The molecule has 174 valence electrons. The molecule has 0 atom stereocenters. The van der Waals surface area contributed by atoms with E-state index in [0.717, 1.165) is 42.7 Å². The predicted molar refractivity (Wildman–Crippen MR) is 130 cm³/mol. The van der Waals surface area contributed by atoms with Gasteiger partial charge in [0.25, 0.3) is 0 Å². The van der Waals surface area contributed by atoms with Crippen molar-refractivity contribution in [3.8, 4) is 22.5 Å². The number of anilines is 2. The van der Waals surface area contributed by atoms with Crippen molar-refractivity contribution in [3.63, 3.8) is 0 Å². The highest BCUT2D eigenvalue weighted by Gasteiger charge is 2.27. The van der Waals surface area contributed by atoms with Crippen LogP contribution >= 0.6 is 0 Å². The van der Waals surface area contributed by atoms with Crippen LogP contribution in [0, 0.1) is 12.7 Å². The lowest BCUT2D eigenvalue weighted by Crippen LogP contribution is -2.40. The number of oxime groups is 1. The minimum absolute atomic E-state index is 0.136. The van der Waals surface area contributed by atoms with Gasteiger partial charge in [-0.1, -0.05) is 11.2 Å². The van der Waals surface area contributed by atoms with Gasteiger partial charge in [0.2, 0.25) is 0 Å². The number of hydrogen-bond acceptors (Lipinski definition) is 8. The summed E-state index contributed by atoms with van der Waals surface area (Å²) in [7, 11) is 0.